The summed E-state index contributed by atoms with van der Waals surface area (Å²) in [5.74, 6) is 2.34. The van der Waals surface area contributed by atoms with Gasteiger partial charge in [0.05, 0.1) is 0 Å². The quantitative estimate of drug-likeness (QED) is 0.869. The van der Waals surface area contributed by atoms with Gasteiger partial charge in [0.15, 0.2) is 0 Å². The molecule has 0 amide bonds. The van der Waals surface area contributed by atoms with Gasteiger partial charge in [0.1, 0.15) is 0 Å². The summed E-state index contributed by atoms with van der Waals surface area (Å²) in [7, 11) is 0. The van der Waals surface area contributed by atoms with Gasteiger partial charge in [-0.1, -0.05) is 37.3 Å². The van der Waals surface area contributed by atoms with Gasteiger partial charge in [-0.3, -0.25) is 0 Å². The standard InChI is InChI=1S/C16H19NS2/c1-2-14(16-8-5-9-19-16)17-15-11-18-10-12-6-3-4-7-13(12)15/h3-9,14-15,17H,2,10-11H2,1H3. The summed E-state index contributed by atoms with van der Waals surface area (Å²) in [6.07, 6.45) is 1.14. The molecule has 0 aliphatic carbocycles. The van der Waals surface area contributed by atoms with Crippen LogP contribution in [0.15, 0.2) is 41.8 Å². The van der Waals surface area contributed by atoms with Crippen molar-refractivity contribution in [2.24, 2.45) is 0 Å². The van der Waals surface area contributed by atoms with Crippen LogP contribution in [0.25, 0.3) is 0 Å². The molecule has 1 aliphatic heterocycles. The molecule has 1 aromatic carbocycles. The van der Waals surface area contributed by atoms with Gasteiger partial charge in [-0.2, -0.15) is 11.8 Å². The maximum atomic E-state index is 3.85. The minimum atomic E-state index is 0.483. The maximum Gasteiger partial charge on any atom is 0.0420 e. The predicted molar refractivity (Wildman–Crippen MR) is 85.8 cm³/mol. The molecule has 2 aromatic rings. The molecule has 1 aliphatic rings. The Morgan fingerprint density at radius 2 is 2.16 bits per heavy atom. The van der Waals surface area contributed by atoms with Crippen molar-refractivity contribution in [3.8, 4) is 0 Å². The Kier molecular flexibility index (Phi) is 4.26. The molecule has 3 heteroatoms. The highest BCUT2D eigenvalue weighted by molar-refractivity contribution is 7.98. The molecule has 0 saturated heterocycles. The smallest absolute Gasteiger partial charge is 0.0420 e. The monoisotopic (exact) mass is 289 g/mol. The second kappa shape index (κ2) is 6.12. The Hall–Kier alpha value is -0.770. The average Bonchev–Trinajstić information content (AvgIpc) is 2.99. The van der Waals surface area contributed by atoms with E-state index in [0.717, 1.165) is 12.2 Å². The van der Waals surface area contributed by atoms with Crippen LogP contribution in [0.3, 0.4) is 0 Å². The van der Waals surface area contributed by atoms with Crippen molar-refractivity contribution >= 4 is 23.1 Å². The van der Waals surface area contributed by atoms with E-state index in [1.54, 1.807) is 0 Å². The van der Waals surface area contributed by atoms with Gasteiger partial charge in [0.25, 0.3) is 0 Å². The zero-order chi connectivity index (χ0) is 13.1. The molecule has 0 bridgehead atoms. The summed E-state index contributed by atoms with van der Waals surface area (Å²) >= 11 is 3.89. The number of benzene rings is 1. The lowest BCUT2D eigenvalue weighted by atomic mass is 10.0. The topological polar surface area (TPSA) is 12.0 Å². The lowest BCUT2D eigenvalue weighted by Crippen LogP contribution is -2.29. The third kappa shape index (κ3) is 2.88. The van der Waals surface area contributed by atoms with Crippen LogP contribution in [0.5, 0.6) is 0 Å². The number of nitrogens with one attached hydrogen (secondary N) is 1. The van der Waals surface area contributed by atoms with Crippen molar-refractivity contribution in [2.45, 2.75) is 31.2 Å². The first kappa shape index (κ1) is 13.2. The van der Waals surface area contributed by atoms with E-state index in [0.29, 0.717) is 12.1 Å². The van der Waals surface area contributed by atoms with E-state index in [1.807, 2.05) is 23.1 Å². The van der Waals surface area contributed by atoms with Crippen LogP contribution in [0.2, 0.25) is 0 Å². The van der Waals surface area contributed by atoms with Gasteiger partial charge in [0.2, 0.25) is 0 Å². The van der Waals surface area contributed by atoms with E-state index in [-0.39, 0.29) is 0 Å². The average molecular weight is 289 g/mol. The number of thiophene rings is 1. The van der Waals surface area contributed by atoms with Crippen LogP contribution in [-0.2, 0) is 5.75 Å². The largest absolute Gasteiger partial charge is 0.302 e. The third-order valence-electron chi connectivity index (χ3n) is 3.67. The zero-order valence-corrected chi connectivity index (χ0v) is 12.8. The molecule has 3 rings (SSSR count). The van der Waals surface area contributed by atoms with E-state index >= 15 is 0 Å². The van der Waals surface area contributed by atoms with Crippen molar-refractivity contribution in [2.75, 3.05) is 5.75 Å². The van der Waals surface area contributed by atoms with Gasteiger partial charge in [-0.25, -0.2) is 0 Å². The fourth-order valence-electron chi connectivity index (χ4n) is 2.65. The summed E-state index contributed by atoms with van der Waals surface area (Å²) in [5, 5.41) is 6.02. The summed E-state index contributed by atoms with van der Waals surface area (Å²) < 4.78 is 0. The van der Waals surface area contributed by atoms with Crippen LogP contribution >= 0.6 is 23.1 Å². The van der Waals surface area contributed by atoms with Crippen molar-refractivity contribution in [3.63, 3.8) is 0 Å². The van der Waals surface area contributed by atoms with Crippen molar-refractivity contribution < 1.29 is 0 Å². The Morgan fingerprint density at radius 1 is 1.26 bits per heavy atom. The Labute approximate surface area is 123 Å². The van der Waals surface area contributed by atoms with Crippen LogP contribution in [-0.4, -0.2) is 5.75 Å². The summed E-state index contributed by atoms with van der Waals surface area (Å²) in [5.41, 5.74) is 2.99. The van der Waals surface area contributed by atoms with Crippen LogP contribution in [0, 0.1) is 0 Å². The Bertz CT molecular complexity index is 521. The molecule has 0 saturated carbocycles. The van der Waals surface area contributed by atoms with Gasteiger partial charge < -0.3 is 5.32 Å². The zero-order valence-electron chi connectivity index (χ0n) is 11.1. The Balaban J connectivity index is 1.80. The minimum absolute atomic E-state index is 0.483. The lowest BCUT2D eigenvalue weighted by molar-refractivity contribution is 0.463. The normalized spacial score (nSPS) is 19.9. The fraction of sp³-hybridized carbons (Fsp3) is 0.375. The SMILES string of the molecule is CCC(NC1CSCc2ccccc21)c1cccs1. The molecule has 1 N–H and O–H groups in total. The first-order valence-electron chi connectivity index (χ1n) is 6.83. The van der Waals surface area contributed by atoms with Gasteiger partial charge in [-0.05, 0) is 29.0 Å². The molecule has 1 nitrogen and oxygen atoms in total. The van der Waals surface area contributed by atoms with Crippen molar-refractivity contribution in [1.82, 2.24) is 5.32 Å². The molecule has 2 unspecified atom stereocenters. The molecular weight excluding hydrogens is 270 g/mol. The van der Waals surface area contributed by atoms with Gasteiger partial charge >= 0.3 is 0 Å². The van der Waals surface area contributed by atoms with E-state index in [9.17, 15) is 0 Å². The first-order chi connectivity index (χ1) is 9.38. The summed E-state index contributed by atoms with van der Waals surface area (Å²) in [6, 6.07) is 14.2. The number of hydrogen-bond donors (Lipinski definition) is 1. The minimum Gasteiger partial charge on any atom is -0.302 e. The molecule has 19 heavy (non-hydrogen) atoms. The van der Waals surface area contributed by atoms with E-state index in [1.165, 1.54) is 21.8 Å². The maximum absolute atomic E-state index is 3.85. The highest BCUT2D eigenvalue weighted by atomic mass is 32.2. The van der Waals surface area contributed by atoms with Gasteiger partial charge in [-0.15, -0.1) is 11.3 Å². The fourth-order valence-corrected chi connectivity index (χ4v) is 4.64. The number of hydrogen-bond acceptors (Lipinski definition) is 3. The number of thioether (sulfide) groups is 1. The van der Waals surface area contributed by atoms with Gasteiger partial charge in [0, 0.05) is 28.5 Å². The second-order valence-corrected chi connectivity index (χ2v) is 6.92. The van der Waals surface area contributed by atoms with Crippen molar-refractivity contribution in [1.29, 1.82) is 0 Å². The molecule has 2 atom stereocenters. The molecule has 2 heterocycles. The third-order valence-corrected chi connectivity index (χ3v) is 5.74. The van der Waals surface area contributed by atoms with E-state index in [4.69, 9.17) is 0 Å². The summed E-state index contributed by atoms with van der Waals surface area (Å²) in [6.45, 7) is 2.26. The Morgan fingerprint density at radius 3 is 2.95 bits per heavy atom. The highest BCUT2D eigenvalue weighted by Gasteiger charge is 2.23. The number of fused-ring (bicyclic) bond motifs is 1. The molecule has 0 radical (unpaired) electrons. The molecule has 0 spiro atoms. The summed E-state index contributed by atoms with van der Waals surface area (Å²) in [4.78, 5) is 1.45. The lowest BCUT2D eigenvalue weighted by Gasteiger charge is -2.29. The molecule has 1 aromatic heterocycles. The second-order valence-electron chi connectivity index (χ2n) is 4.91. The van der Waals surface area contributed by atoms with E-state index < -0.39 is 0 Å². The van der Waals surface area contributed by atoms with Crippen LogP contribution in [0.1, 0.15) is 41.4 Å². The van der Waals surface area contributed by atoms with Crippen LogP contribution in [0.4, 0.5) is 0 Å². The molecule has 0 fully saturated rings. The highest BCUT2D eigenvalue weighted by Crippen LogP contribution is 2.34. The molecule has 100 valence electrons. The predicted octanol–water partition coefficient (Wildman–Crippen LogP) is 4.78. The first-order valence-corrected chi connectivity index (χ1v) is 8.87. The number of rotatable bonds is 4. The van der Waals surface area contributed by atoms with Crippen LogP contribution < -0.4 is 5.32 Å². The molecular formula is C16H19NS2. The van der Waals surface area contributed by atoms with Crippen molar-refractivity contribution in [3.05, 3.63) is 57.8 Å². The van der Waals surface area contributed by atoms with E-state index in [2.05, 4.69) is 54.0 Å².